The molecule has 0 bridgehead atoms. The summed E-state index contributed by atoms with van der Waals surface area (Å²) < 4.78 is 0. The lowest BCUT2D eigenvalue weighted by Gasteiger charge is -2.47. The molecule has 1 saturated carbocycles. The van der Waals surface area contributed by atoms with Gasteiger partial charge in [0.15, 0.2) is 0 Å². The van der Waals surface area contributed by atoms with Crippen LogP contribution in [-0.4, -0.2) is 23.5 Å². The lowest BCUT2D eigenvalue weighted by Crippen LogP contribution is -2.35. The van der Waals surface area contributed by atoms with Crippen LogP contribution in [0, 0.1) is 11.8 Å². The largest absolute Gasteiger partial charge is 0.101 e. The lowest BCUT2D eigenvalue weighted by atomic mass is 9.35. The lowest BCUT2D eigenvalue weighted by molar-refractivity contribution is 0.283. The van der Waals surface area contributed by atoms with Gasteiger partial charge in [-0.2, -0.15) is 0 Å². The third-order valence-corrected chi connectivity index (χ3v) is 3.10. The maximum atomic E-state index is 5.91. The minimum Gasteiger partial charge on any atom is -0.101 e. The highest BCUT2D eigenvalue weighted by atomic mass is 14.3. The Kier molecular flexibility index (Phi) is 2.46. The molecule has 0 saturated heterocycles. The smallest absolute Gasteiger partial charge is 0.0690 e. The molecule has 0 spiro atoms. The van der Waals surface area contributed by atoms with Gasteiger partial charge >= 0.3 is 0 Å². The van der Waals surface area contributed by atoms with E-state index in [4.69, 9.17) is 23.5 Å². The van der Waals surface area contributed by atoms with Crippen LogP contribution in [0.2, 0.25) is 11.0 Å². The quantitative estimate of drug-likeness (QED) is 0.448. The first kappa shape index (κ1) is 9.28. The Morgan fingerprint density at radius 1 is 1.18 bits per heavy atom. The Morgan fingerprint density at radius 3 is 2.18 bits per heavy atom. The molecule has 1 aliphatic rings. The van der Waals surface area contributed by atoms with E-state index in [2.05, 4.69) is 13.8 Å². The van der Waals surface area contributed by atoms with Crippen LogP contribution in [0.3, 0.4) is 0 Å². The molecule has 0 aliphatic heterocycles. The highest BCUT2D eigenvalue weighted by molar-refractivity contribution is 6.44. The van der Waals surface area contributed by atoms with E-state index in [9.17, 15) is 0 Å². The Morgan fingerprint density at radius 2 is 1.73 bits per heavy atom. The monoisotopic (exact) mass is 142 g/mol. The first-order valence-electron chi connectivity index (χ1n) is 4.29. The number of hydrogen-bond acceptors (Lipinski definition) is 0. The van der Waals surface area contributed by atoms with Crippen LogP contribution in [0.1, 0.15) is 26.7 Å². The van der Waals surface area contributed by atoms with Crippen molar-refractivity contribution >= 4 is 23.5 Å². The third kappa shape index (κ3) is 1.52. The predicted octanol–water partition coefficient (Wildman–Crippen LogP) is 1.46. The molecule has 3 atom stereocenters. The molecule has 1 fully saturated rings. The maximum Gasteiger partial charge on any atom is 0.0690 e. The SMILES string of the molecule is [B]C1C(C)CCC(C)C1([B])[B]. The number of hydrogen-bond donors (Lipinski definition) is 0. The van der Waals surface area contributed by atoms with Crippen LogP contribution in [0.4, 0.5) is 0 Å². The van der Waals surface area contributed by atoms with Gasteiger partial charge in [0.1, 0.15) is 0 Å². The fraction of sp³-hybridized carbons (Fsp3) is 1.00. The molecule has 0 amide bonds. The van der Waals surface area contributed by atoms with E-state index in [1.165, 1.54) is 0 Å². The molecule has 3 heteroatoms. The molecular weight excluding hydrogens is 129 g/mol. The van der Waals surface area contributed by atoms with Gasteiger partial charge in [0.05, 0.1) is 23.5 Å². The summed E-state index contributed by atoms with van der Waals surface area (Å²) in [6, 6.07) is 0. The van der Waals surface area contributed by atoms with Crippen molar-refractivity contribution in [1.82, 2.24) is 0 Å². The van der Waals surface area contributed by atoms with E-state index in [1.807, 2.05) is 0 Å². The van der Waals surface area contributed by atoms with Gasteiger partial charge in [0.25, 0.3) is 0 Å². The van der Waals surface area contributed by atoms with Crippen LogP contribution >= 0.6 is 0 Å². The van der Waals surface area contributed by atoms with Gasteiger partial charge in [-0.3, -0.25) is 0 Å². The Labute approximate surface area is 73.7 Å². The van der Waals surface area contributed by atoms with Crippen molar-refractivity contribution in [2.45, 2.75) is 37.7 Å². The minimum atomic E-state index is -0.655. The molecule has 0 aromatic heterocycles. The summed E-state index contributed by atoms with van der Waals surface area (Å²) in [5, 5.41) is -0.655. The van der Waals surface area contributed by atoms with Crippen molar-refractivity contribution < 1.29 is 0 Å². The van der Waals surface area contributed by atoms with E-state index in [-0.39, 0.29) is 5.82 Å². The van der Waals surface area contributed by atoms with Gasteiger partial charge in [-0.15, -0.1) is 5.21 Å². The fourth-order valence-corrected chi connectivity index (χ4v) is 1.76. The highest BCUT2D eigenvalue weighted by Gasteiger charge is 2.36. The normalized spacial score (nSPS) is 43.6. The second-order valence-electron chi connectivity index (χ2n) is 3.98. The average Bonchev–Trinajstić information content (AvgIpc) is 1.95. The third-order valence-electron chi connectivity index (χ3n) is 3.10. The molecule has 0 aromatic rings. The highest BCUT2D eigenvalue weighted by Crippen LogP contribution is 2.50. The van der Waals surface area contributed by atoms with E-state index in [1.54, 1.807) is 0 Å². The van der Waals surface area contributed by atoms with E-state index in [0.29, 0.717) is 11.8 Å². The second kappa shape index (κ2) is 2.92. The van der Waals surface area contributed by atoms with Crippen molar-refractivity contribution in [3.8, 4) is 0 Å². The van der Waals surface area contributed by atoms with Crippen LogP contribution in [0.15, 0.2) is 0 Å². The van der Waals surface area contributed by atoms with Gasteiger partial charge in [0.2, 0.25) is 0 Å². The maximum absolute atomic E-state index is 5.91. The standard InChI is InChI=1S/C8H13B3/c1-5-3-4-6(2)8(10,11)7(5)9/h5-7H,3-4H2,1-2H3. The summed E-state index contributed by atoms with van der Waals surface area (Å²) in [5.41, 5.74) is 0. The summed E-state index contributed by atoms with van der Waals surface area (Å²) in [6.07, 6.45) is 2.25. The zero-order chi connectivity index (χ0) is 8.65. The molecule has 11 heavy (non-hydrogen) atoms. The predicted molar refractivity (Wildman–Crippen MR) is 51.3 cm³/mol. The topological polar surface area (TPSA) is 0 Å². The molecule has 0 heterocycles. The van der Waals surface area contributed by atoms with E-state index < -0.39 is 5.21 Å². The van der Waals surface area contributed by atoms with Crippen molar-refractivity contribution in [1.29, 1.82) is 0 Å². The average molecular weight is 142 g/mol. The molecule has 0 nitrogen and oxygen atoms in total. The van der Waals surface area contributed by atoms with Crippen LogP contribution in [-0.2, 0) is 0 Å². The summed E-state index contributed by atoms with van der Waals surface area (Å²) in [7, 11) is 17.7. The minimum absolute atomic E-state index is 0.0498. The van der Waals surface area contributed by atoms with E-state index in [0.717, 1.165) is 12.8 Å². The molecule has 3 unspecified atom stereocenters. The first-order valence-corrected chi connectivity index (χ1v) is 4.29. The molecule has 0 aromatic carbocycles. The molecule has 6 radical (unpaired) electrons. The molecule has 1 aliphatic carbocycles. The zero-order valence-corrected chi connectivity index (χ0v) is 7.38. The summed E-state index contributed by atoms with van der Waals surface area (Å²) >= 11 is 0. The van der Waals surface area contributed by atoms with Gasteiger partial charge < -0.3 is 0 Å². The molecular formula is C8H13B3. The first-order chi connectivity index (χ1) is 4.96. The zero-order valence-electron chi connectivity index (χ0n) is 7.38. The van der Waals surface area contributed by atoms with Crippen LogP contribution in [0.5, 0.6) is 0 Å². The number of rotatable bonds is 0. The van der Waals surface area contributed by atoms with Crippen LogP contribution < -0.4 is 0 Å². The fourth-order valence-electron chi connectivity index (χ4n) is 1.76. The molecule has 0 N–H and O–H groups in total. The summed E-state index contributed by atoms with van der Waals surface area (Å²) in [4.78, 5) is 0. The van der Waals surface area contributed by atoms with Crippen molar-refractivity contribution in [3.63, 3.8) is 0 Å². The van der Waals surface area contributed by atoms with Gasteiger partial charge in [0, 0.05) is 0 Å². The van der Waals surface area contributed by atoms with Gasteiger partial charge in [-0.1, -0.05) is 44.3 Å². The van der Waals surface area contributed by atoms with Crippen molar-refractivity contribution in [2.75, 3.05) is 0 Å². The van der Waals surface area contributed by atoms with E-state index >= 15 is 0 Å². The van der Waals surface area contributed by atoms with Crippen molar-refractivity contribution in [2.24, 2.45) is 11.8 Å². The summed E-state index contributed by atoms with van der Waals surface area (Å²) in [5.74, 6) is 0.751. The second-order valence-corrected chi connectivity index (χ2v) is 3.98. The van der Waals surface area contributed by atoms with Gasteiger partial charge in [-0.05, 0) is 0 Å². The Hall–Kier alpha value is 0.195. The Bertz CT molecular complexity index is 144. The molecule has 54 valence electrons. The van der Waals surface area contributed by atoms with Gasteiger partial charge in [-0.25, -0.2) is 0 Å². The Balaban J connectivity index is 2.72. The van der Waals surface area contributed by atoms with Crippen LogP contribution in [0.25, 0.3) is 0 Å². The summed E-state index contributed by atoms with van der Waals surface area (Å²) in [6.45, 7) is 4.19. The molecule has 1 rings (SSSR count). The van der Waals surface area contributed by atoms with Crippen molar-refractivity contribution in [3.05, 3.63) is 0 Å².